The Bertz CT molecular complexity index is 1430. The zero-order valence-corrected chi connectivity index (χ0v) is 18.6. The van der Waals surface area contributed by atoms with Crippen LogP contribution in [0.25, 0.3) is 11.0 Å². The molecule has 0 fully saturated rings. The third kappa shape index (κ3) is 3.26. The van der Waals surface area contributed by atoms with Crippen molar-refractivity contribution in [1.82, 2.24) is 15.3 Å². The van der Waals surface area contributed by atoms with E-state index in [0.29, 0.717) is 27.8 Å². The highest BCUT2D eigenvalue weighted by atomic mass is 32.2. The summed E-state index contributed by atoms with van der Waals surface area (Å²) in [7, 11) is 0. The number of nitrogens with two attached hydrogens (primary N) is 1. The number of aliphatic hydroxyl groups is 1. The molecule has 1 aromatic heterocycles. The standard InChI is InChI=1S/C23H17N5O3S2/c24-22-26-14-7-6-13(10-15(14)27-22)25-21(30)23(31)19(11-4-2-1-3-5-11)28-20(29)12-8-16-18(33-23)17(9-12)32-16/h1-10,19,31H,(H,25,30)(H,28,29)(H3,24,26,27). The van der Waals surface area contributed by atoms with Gasteiger partial charge in [-0.2, -0.15) is 0 Å². The second kappa shape index (κ2) is 7.27. The Morgan fingerprint density at radius 3 is 2.64 bits per heavy atom. The number of aromatic amines is 1. The predicted molar refractivity (Wildman–Crippen MR) is 127 cm³/mol. The van der Waals surface area contributed by atoms with Crippen LogP contribution < -0.4 is 16.4 Å². The Morgan fingerprint density at radius 1 is 1.12 bits per heavy atom. The highest BCUT2D eigenvalue weighted by Crippen LogP contribution is 2.57. The topological polar surface area (TPSA) is 133 Å². The number of imidazole rings is 1. The van der Waals surface area contributed by atoms with Crippen molar-refractivity contribution < 1.29 is 14.7 Å². The summed E-state index contributed by atoms with van der Waals surface area (Å²) in [6.45, 7) is 0. The number of nitrogens with zero attached hydrogens (tertiary/aromatic N) is 1. The number of amides is 2. The lowest BCUT2D eigenvalue weighted by Gasteiger charge is -2.35. The van der Waals surface area contributed by atoms with Gasteiger partial charge >= 0.3 is 0 Å². The molecule has 0 saturated carbocycles. The summed E-state index contributed by atoms with van der Waals surface area (Å²) in [4.78, 5) is 34.3. The van der Waals surface area contributed by atoms with Crippen LogP contribution in [0, 0.1) is 0 Å². The van der Waals surface area contributed by atoms with Gasteiger partial charge < -0.3 is 26.5 Å². The summed E-state index contributed by atoms with van der Waals surface area (Å²) in [5.74, 6) is -0.725. The Morgan fingerprint density at radius 2 is 1.88 bits per heavy atom. The van der Waals surface area contributed by atoms with Gasteiger partial charge in [-0.05, 0) is 35.9 Å². The number of nitrogens with one attached hydrogen (secondary N) is 3. The van der Waals surface area contributed by atoms with Gasteiger partial charge in [0.05, 0.1) is 11.0 Å². The molecule has 0 radical (unpaired) electrons. The number of carbonyl (C=O) groups excluding carboxylic acids is 2. The SMILES string of the molecule is Nc1nc2ccc(NC(=O)C3(O)Sc4c5cc(cc4S5)C(=O)NC3c3ccccc3)cc2[nH]1. The minimum absolute atomic E-state index is 0.272. The number of carbonyl (C=O) groups is 2. The number of fused-ring (bicyclic) bond motifs is 5. The van der Waals surface area contributed by atoms with E-state index in [-0.39, 0.29) is 11.9 Å². The van der Waals surface area contributed by atoms with Crippen LogP contribution in [0.15, 0.2) is 75.4 Å². The number of rotatable bonds is 3. The van der Waals surface area contributed by atoms with Gasteiger partial charge in [0.1, 0.15) is 6.04 Å². The average molecular weight is 476 g/mol. The first-order valence-corrected chi connectivity index (χ1v) is 11.7. The molecule has 33 heavy (non-hydrogen) atoms. The molecule has 4 aliphatic rings. The lowest BCUT2D eigenvalue weighted by atomic mass is 9.99. The van der Waals surface area contributed by atoms with Crippen molar-refractivity contribution >= 4 is 58.0 Å². The summed E-state index contributed by atoms with van der Waals surface area (Å²) < 4.78 is 0. The van der Waals surface area contributed by atoms with E-state index in [0.717, 1.165) is 26.4 Å². The van der Waals surface area contributed by atoms with Gasteiger partial charge in [0, 0.05) is 25.9 Å². The molecule has 6 N–H and O–H groups in total. The maximum absolute atomic E-state index is 13.6. The fourth-order valence-electron chi connectivity index (χ4n) is 4.02. The molecule has 2 unspecified atom stereocenters. The number of nitrogen functional groups attached to an aromatic ring is 1. The molecule has 2 atom stereocenters. The summed E-state index contributed by atoms with van der Waals surface area (Å²) in [5, 5.41) is 17.6. The first-order valence-electron chi connectivity index (χ1n) is 10.1. The van der Waals surface area contributed by atoms with Crippen LogP contribution >= 0.6 is 23.5 Å². The highest BCUT2D eigenvalue weighted by molar-refractivity contribution is 8.06. The predicted octanol–water partition coefficient (Wildman–Crippen LogP) is 3.51. The molecular weight excluding hydrogens is 458 g/mol. The largest absolute Gasteiger partial charge is 0.369 e. The van der Waals surface area contributed by atoms with Gasteiger partial charge in [0.2, 0.25) is 4.93 Å². The third-order valence-electron chi connectivity index (χ3n) is 5.64. The van der Waals surface area contributed by atoms with Crippen LogP contribution in [0.1, 0.15) is 22.0 Å². The number of hydrogen-bond donors (Lipinski definition) is 5. The fraction of sp³-hybridized carbons (Fsp3) is 0.0870. The Kier molecular flexibility index (Phi) is 4.44. The molecule has 2 amide bonds. The van der Waals surface area contributed by atoms with E-state index in [1.807, 2.05) is 6.07 Å². The van der Waals surface area contributed by atoms with E-state index in [9.17, 15) is 14.7 Å². The van der Waals surface area contributed by atoms with Gasteiger partial charge in [-0.15, -0.1) is 0 Å². The molecule has 0 aliphatic carbocycles. The molecule has 10 heteroatoms. The summed E-state index contributed by atoms with van der Waals surface area (Å²) in [6, 6.07) is 16.7. The van der Waals surface area contributed by atoms with Crippen molar-refractivity contribution in [3.05, 3.63) is 71.8 Å². The second-order valence-corrected chi connectivity index (χ2v) is 10.1. The van der Waals surface area contributed by atoms with Gasteiger partial charge in [-0.1, -0.05) is 53.9 Å². The number of anilines is 2. The molecule has 3 aromatic carbocycles. The summed E-state index contributed by atoms with van der Waals surface area (Å²) in [6.07, 6.45) is 0. The van der Waals surface area contributed by atoms with Crippen LogP contribution in [0.3, 0.4) is 0 Å². The van der Waals surface area contributed by atoms with Crippen LogP contribution in [0.2, 0.25) is 0 Å². The van der Waals surface area contributed by atoms with E-state index in [1.165, 1.54) is 11.8 Å². The lowest BCUT2D eigenvalue weighted by Crippen LogP contribution is -2.51. The molecule has 8 nitrogen and oxygen atoms in total. The Labute approximate surface area is 196 Å². The minimum atomic E-state index is -2.02. The van der Waals surface area contributed by atoms with Gasteiger partial charge in [0.25, 0.3) is 11.8 Å². The van der Waals surface area contributed by atoms with E-state index < -0.39 is 16.9 Å². The average Bonchev–Trinajstić information content (AvgIpc) is 3.21. The van der Waals surface area contributed by atoms with E-state index in [4.69, 9.17) is 5.73 Å². The minimum Gasteiger partial charge on any atom is -0.369 e. The number of aromatic nitrogens is 2. The first kappa shape index (κ1) is 20.2. The van der Waals surface area contributed by atoms with Crippen molar-refractivity contribution in [3.63, 3.8) is 0 Å². The zero-order chi connectivity index (χ0) is 22.7. The smallest absolute Gasteiger partial charge is 0.269 e. The molecule has 4 aromatic rings. The summed E-state index contributed by atoms with van der Waals surface area (Å²) >= 11 is 2.58. The number of hydrogen-bond acceptors (Lipinski definition) is 7. The molecular formula is C23H17N5O3S2. The molecule has 4 bridgehead atoms. The Balaban J connectivity index is 1.42. The van der Waals surface area contributed by atoms with E-state index in [2.05, 4.69) is 20.6 Å². The van der Waals surface area contributed by atoms with Crippen LogP contribution in [0.4, 0.5) is 11.6 Å². The Hall–Kier alpha value is -3.47. The number of benzene rings is 3. The molecule has 164 valence electrons. The maximum atomic E-state index is 13.6. The van der Waals surface area contributed by atoms with Crippen LogP contribution in [0.5, 0.6) is 0 Å². The van der Waals surface area contributed by atoms with Crippen molar-refractivity contribution in [3.8, 4) is 0 Å². The molecule has 0 spiro atoms. The van der Waals surface area contributed by atoms with Crippen molar-refractivity contribution in [2.75, 3.05) is 11.1 Å². The first-order chi connectivity index (χ1) is 15.9. The maximum Gasteiger partial charge on any atom is 0.269 e. The fourth-order valence-corrected chi connectivity index (χ4v) is 6.47. The van der Waals surface area contributed by atoms with Gasteiger partial charge in [-0.3, -0.25) is 9.59 Å². The third-order valence-corrected chi connectivity index (χ3v) is 8.36. The number of H-pyrrole nitrogens is 1. The zero-order valence-electron chi connectivity index (χ0n) is 17.0. The number of thioether (sulfide) groups is 1. The van der Waals surface area contributed by atoms with E-state index in [1.54, 1.807) is 54.6 Å². The molecule has 5 heterocycles. The molecule has 4 aliphatic heterocycles. The molecule has 8 rings (SSSR count). The van der Waals surface area contributed by atoms with Gasteiger partial charge in [-0.25, -0.2) is 4.98 Å². The summed E-state index contributed by atoms with van der Waals surface area (Å²) in [5.41, 5.74) is 8.63. The quantitative estimate of drug-likeness (QED) is 0.270. The van der Waals surface area contributed by atoms with Crippen LogP contribution in [-0.2, 0) is 4.79 Å². The van der Waals surface area contributed by atoms with Crippen molar-refractivity contribution in [2.45, 2.75) is 25.7 Å². The van der Waals surface area contributed by atoms with Crippen LogP contribution in [-0.4, -0.2) is 31.8 Å². The van der Waals surface area contributed by atoms with Gasteiger partial charge in [0.15, 0.2) is 5.95 Å². The van der Waals surface area contributed by atoms with Crippen molar-refractivity contribution in [1.29, 1.82) is 0 Å². The lowest BCUT2D eigenvalue weighted by molar-refractivity contribution is -0.128. The molecule has 0 saturated heterocycles. The normalized spacial score (nSPS) is 21.0. The highest BCUT2D eigenvalue weighted by Gasteiger charge is 2.50. The van der Waals surface area contributed by atoms with E-state index >= 15 is 0 Å². The van der Waals surface area contributed by atoms with Crippen molar-refractivity contribution in [2.24, 2.45) is 0 Å². The second-order valence-electron chi connectivity index (χ2n) is 7.83. The monoisotopic (exact) mass is 475 g/mol.